The maximum absolute atomic E-state index is 13.3. The molecule has 13 heteroatoms. The van der Waals surface area contributed by atoms with Gasteiger partial charge in [-0.1, -0.05) is 0 Å². The van der Waals surface area contributed by atoms with Crippen LogP contribution in [-0.2, 0) is 27.5 Å². The molecule has 3 aromatic rings. The van der Waals surface area contributed by atoms with Crippen molar-refractivity contribution in [3.63, 3.8) is 0 Å². The van der Waals surface area contributed by atoms with E-state index in [9.17, 15) is 30.8 Å². The quantitative estimate of drug-likeness (QED) is 0.500. The van der Waals surface area contributed by atoms with Crippen LogP contribution >= 0.6 is 0 Å². The van der Waals surface area contributed by atoms with Crippen LogP contribution in [0.5, 0.6) is 0 Å². The van der Waals surface area contributed by atoms with Crippen LogP contribution in [0.2, 0.25) is 0 Å². The fourth-order valence-corrected chi connectivity index (χ4v) is 6.23. The predicted octanol–water partition coefficient (Wildman–Crippen LogP) is 3.16. The smallest absolute Gasteiger partial charge is 0.351 e. The van der Waals surface area contributed by atoms with Gasteiger partial charge >= 0.3 is 6.18 Å². The van der Waals surface area contributed by atoms with E-state index in [2.05, 4.69) is 20.3 Å². The van der Waals surface area contributed by atoms with Crippen LogP contribution < -0.4 is 5.32 Å². The zero-order chi connectivity index (χ0) is 25.7. The highest BCUT2D eigenvalue weighted by molar-refractivity contribution is 7.89. The largest absolute Gasteiger partial charge is 0.451 e. The molecule has 1 aliphatic carbocycles. The second-order valence-electron chi connectivity index (χ2n) is 8.66. The maximum Gasteiger partial charge on any atom is 0.451 e. The van der Waals surface area contributed by atoms with Crippen molar-refractivity contribution in [1.82, 2.24) is 24.6 Å². The van der Waals surface area contributed by atoms with Crippen LogP contribution in [0.1, 0.15) is 24.2 Å². The number of carbonyl (C=O) groups is 1. The molecular weight excluding hydrogens is 502 g/mol. The van der Waals surface area contributed by atoms with Crippen molar-refractivity contribution in [1.29, 1.82) is 0 Å². The van der Waals surface area contributed by atoms with E-state index in [1.165, 1.54) is 22.6 Å². The minimum atomic E-state index is -4.66. The van der Waals surface area contributed by atoms with E-state index in [-0.39, 0.29) is 29.0 Å². The fraction of sp³-hybridized carbons (Fsp3) is 0.304. The Morgan fingerprint density at radius 1 is 1.06 bits per heavy atom. The normalized spacial score (nSPS) is 21.7. The molecule has 1 saturated carbocycles. The molecule has 1 aliphatic heterocycles. The summed E-state index contributed by atoms with van der Waals surface area (Å²) in [4.78, 5) is 23.7. The number of fused-ring (bicyclic) bond motifs is 1. The lowest BCUT2D eigenvalue weighted by molar-refractivity contribution is -0.145. The summed E-state index contributed by atoms with van der Waals surface area (Å²) >= 11 is 0. The van der Waals surface area contributed by atoms with Gasteiger partial charge in [-0.3, -0.25) is 9.78 Å². The molecule has 1 saturated heterocycles. The predicted molar refractivity (Wildman–Crippen MR) is 118 cm³/mol. The van der Waals surface area contributed by atoms with Crippen LogP contribution in [0.3, 0.4) is 0 Å². The molecule has 5 rings (SSSR count). The monoisotopic (exact) mass is 521 g/mol. The minimum absolute atomic E-state index is 0.0477. The summed E-state index contributed by atoms with van der Waals surface area (Å²) in [6, 6.07) is 6.52. The summed E-state index contributed by atoms with van der Waals surface area (Å²) in [6.45, 7) is 0.0477. The number of aromatic nitrogens is 3. The number of amides is 1. The van der Waals surface area contributed by atoms with Gasteiger partial charge < -0.3 is 5.32 Å². The van der Waals surface area contributed by atoms with Crippen molar-refractivity contribution in [2.45, 2.75) is 42.5 Å². The van der Waals surface area contributed by atoms with Gasteiger partial charge in [-0.05, 0) is 60.7 Å². The van der Waals surface area contributed by atoms with Crippen molar-refractivity contribution < 1.29 is 30.8 Å². The number of piperidine rings is 1. The Hall–Kier alpha value is -3.45. The van der Waals surface area contributed by atoms with Gasteiger partial charge in [-0.2, -0.15) is 17.5 Å². The summed E-state index contributed by atoms with van der Waals surface area (Å²) in [5, 5.41) is 2.74. The Morgan fingerprint density at radius 3 is 2.42 bits per heavy atom. The lowest BCUT2D eigenvalue weighted by Crippen LogP contribution is -2.47. The van der Waals surface area contributed by atoms with Crippen LogP contribution in [0.4, 0.5) is 17.6 Å². The van der Waals surface area contributed by atoms with E-state index in [1.54, 1.807) is 12.1 Å². The Bertz CT molecular complexity index is 1400. The average molecular weight is 521 g/mol. The molecule has 3 heterocycles. The molecule has 8 nitrogen and oxygen atoms in total. The molecule has 2 aromatic heterocycles. The maximum atomic E-state index is 13.3. The van der Waals surface area contributed by atoms with Gasteiger partial charge in [0, 0.05) is 36.7 Å². The second kappa shape index (κ2) is 8.89. The summed E-state index contributed by atoms with van der Waals surface area (Å²) in [5.74, 6) is -2.19. The van der Waals surface area contributed by atoms with Gasteiger partial charge in [0.15, 0.2) is 0 Å². The first kappa shape index (κ1) is 24.3. The number of carbonyl (C=O) groups excluding carboxylic acids is 1. The fourth-order valence-electron chi connectivity index (χ4n) is 4.37. The van der Waals surface area contributed by atoms with E-state index in [1.807, 2.05) is 0 Å². The van der Waals surface area contributed by atoms with Crippen molar-refractivity contribution in [3.8, 4) is 11.3 Å². The van der Waals surface area contributed by atoms with E-state index < -0.39 is 39.8 Å². The highest BCUT2D eigenvalue weighted by atomic mass is 32.2. The van der Waals surface area contributed by atoms with E-state index in [4.69, 9.17) is 0 Å². The highest BCUT2D eigenvalue weighted by Crippen LogP contribution is 2.50. The molecule has 1 aromatic carbocycles. The second-order valence-corrected chi connectivity index (χ2v) is 10.5. The summed E-state index contributed by atoms with van der Waals surface area (Å²) in [7, 11) is -4.00. The van der Waals surface area contributed by atoms with Gasteiger partial charge in [0.2, 0.25) is 21.8 Å². The number of nitrogens with zero attached hydrogens (tertiary/aromatic N) is 4. The number of hydrogen-bond acceptors (Lipinski definition) is 6. The van der Waals surface area contributed by atoms with E-state index in [0.29, 0.717) is 24.1 Å². The zero-order valence-electron chi connectivity index (χ0n) is 18.5. The topological polar surface area (TPSA) is 105 Å². The Labute approximate surface area is 203 Å². The summed E-state index contributed by atoms with van der Waals surface area (Å²) in [5.41, 5.74) is 1.19. The minimum Gasteiger partial charge on any atom is -0.351 e. The molecule has 188 valence electrons. The molecule has 36 heavy (non-hydrogen) atoms. The molecule has 0 radical (unpaired) electrons. The number of sulfonamides is 1. The van der Waals surface area contributed by atoms with Gasteiger partial charge in [0.05, 0.1) is 10.6 Å². The van der Waals surface area contributed by atoms with Crippen LogP contribution in [-0.4, -0.2) is 45.7 Å². The number of pyridine rings is 1. The Kier molecular flexibility index (Phi) is 5.99. The zero-order valence-corrected chi connectivity index (χ0v) is 19.3. The van der Waals surface area contributed by atoms with Crippen molar-refractivity contribution in [2.24, 2.45) is 5.92 Å². The average Bonchev–Trinajstić information content (AvgIpc) is 3.50. The van der Waals surface area contributed by atoms with Crippen molar-refractivity contribution >= 4 is 15.9 Å². The number of nitrogens with one attached hydrogen (secondary N) is 1. The molecule has 0 spiro atoms. The Morgan fingerprint density at radius 2 is 1.75 bits per heavy atom. The molecule has 1 amide bonds. The van der Waals surface area contributed by atoms with E-state index >= 15 is 0 Å². The molecule has 2 fully saturated rings. The third kappa shape index (κ3) is 4.67. The van der Waals surface area contributed by atoms with Crippen LogP contribution in [0.25, 0.3) is 11.3 Å². The molecule has 3 atom stereocenters. The number of rotatable bonds is 6. The Balaban J connectivity index is 1.28. The third-order valence-electron chi connectivity index (χ3n) is 6.23. The highest BCUT2D eigenvalue weighted by Gasteiger charge is 2.58. The lowest BCUT2D eigenvalue weighted by Gasteiger charge is -2.26. The van der Waals surface area contributed by atoms with E-state index in [0.717, 1.165) is 24.5 Å². The van der Waals surface area contributed by atoms with Gasteiger partial charge in [0.1, 0.15) is 11.9 Å². The molecule has 0 bridgehead atoms. The molecule has 1 unspecified atom stereocenters. The third-order valence-corrected chi connectivity index (χ3v) is 8.18. The van der Waals surface area contributed by atoms with Crippen LogP contribution in [0, 0.1) is 11.7 Å². The number of halogens is 4. The van der Waals surface area contributed by atoms with Crippen molar-refractivity contribution in [3.05, 3.63) is 72.2 Å². The standard InChI is InChI=1S/C23H19F4N5O3S/c24-16-1-3-17(4-2-16)36(34,35)32-19-8-14(19)9-20(32)21(33)29-10-13-5-6-28-18(7-13)15-11-30-22(31-12-15)23(25,26)27/h1-7,11-12,14,19-20H,8-10H2,(H,29,33)/t14?,19-,20-/m0/s1. The molecular formula is C23H19F4N5O3S. The number of benzene rings is 1. The van der Waals surface area contributed by atoms with Gasteiger partial charge in [-0.15, -0.1) is 0 Å². The lowest BCUT2D eigenvalue weighted by atomic mass is 10.1. The number of hydrogen-bond donors (Lipinski definition) is 1. The summed E-state index contributed by atoms with van der Waals surface area (Å²) in [6.07, 6.45) is -0.122. The summed E-state index contributed by atoms with van der Waals surface area (Å²) < 4.78 is 79.0. The van der Waals surface area contributed by atoms with Crippen LogP contribution in [0.15, 0.2) is 59.9 Å². The SMILES string of the molecule is O=C(NCc1ccnc(-c2cnc(C(F)(F)F)nc2)c1)[C@@H]1CC2C[C@@H]2N1S(=O)(=O)c1ccc(F)cc1. The first-order valence-corrected chi connectivity index (χ1v) is 12.4. The van der Waals surface area contributed by atoms with Gasteiger partial charge in [-0.25, -0.2) is 22.8 Å². The number of alkyl halides is 3. The molecule has 2 aliphatic rings. The first-order chi connectivity index (χ1) is 17.0. The first-order valence-electron chi connectivity index (χ1n) is 11.0. The van der Waals surface area contributed by atoms with Gasteiger partial charge in [0.25, 0.3) is 0 Å². The van der Waals surface area contributed by atoms with Crippen molar-refractivity contribution in [2.75, 3.05) is 0 Å². The molecule has 1 N–H and O–H groups in total.